The lowest BCUT2D eigenvalue weighted by atomic mass is 9.74. The second-order valence-corrected chi connectivity index (χ2v) is 9.35. The fraction of sp³-hybridized carbons (Fsp3) is 0.500. The molecule has 0 unspecified atom stereocenters. The van der Waals surface area contributed by atoms with Crippen LogP contribution in [0.5, 0.6) is 5.75 Å². The van der Waals surface area contributed by atoms with E-state index in [0.29, 0.717) is 19.1 Å². The van der Waals surface area contributed by atoms with Crippen molar-refractivity contribution in [3.8, 4) is 5.75 Å². The molecule has 1 aliphatic carbocycles. The van der Waals surface area contributed by atoms with Crippen LogP contribution < -0.4 is 10.5 Å². The van der Waals surface area contributed by atoms with Crippen molar-refractivity contribution in [1.82, 2.24) is 4.90 Å². The highest BCUT2D eigenvalue weighted by Crippen LogP contribution is 2.46. The number of piperidine rings is 1. The summed E-state index contributed by atoms with van der Waals surface area (Å²) in [6, 6.07) is 14.8. The minimum Gasteiger partial charge on any atom is -0.492 e. The van der Waals surface area contributed by atoms with Gasteiger partial charge in [0, 0.05) is 36.2 Å². The fourth-order valence-corrected chi connectivity index (χ4v) is 5.61. The van der Waals surface area contributed by atoms with Gasteiger partial charge in [-0.2, -0.15) is 0 Å². The number of nitrogens with zero attached hydrogens (tertiary/aromatic N) is 1. The van der Waals surface area contributed by atoms with Crippen molar-refractivity contribution in [3.63, 3.8) is 0 Å². The van der Waals surface area contributed by atoms with Gasteiger partial charge in [0.05, 0.1) is 6.61 Å². The summed E-state index contributed by atoms with van der Waals surface area (Å²) >= 11 is 0. The molecule has 158 valence electrons. The third-order valence-corrected chi connectivity index (χ3v) is 7.60. The first-order valence-corrected chi connectivity index (χ1v) is 11.5. The summed E-state index contributed by atoms with van der Waals surface area (Å²) in [5.74, 6) is 1.83. The van der Waals surface area contributed by atoms with Gasteiger partial charge in [0.15, 0.2) is 0 Å². The van der Waals surface area contributed by atoms with Crippen LogP contribution in [0, 0.1) is 0 Å². The smallest absolute Gasteiger partial charge is 0.253 e. The quantitative estimate of drug-likeness (QED) is 0.802. The largest absolute Gasteiger partial charge is 0.492 e. The number of carbonyl (C=O) groups excluding carboxylic acids is 1. The fourth-order valence-electron chi connectivity index (χ4n) is 5.61. The van der Waals surface area contributed by atoms with E-state index in [2.05, 4.69) is 24.3 Å². The average molecular weight is 405 g/mol. The summed E-state index contributed by atoms with van der Waals surface area (Å²) in [4.78, 5) is 15.1. The van der Waals surface area contributed by atoms with Crippen molar-refractivity contribution >= 4 is 5.91 Å². The first-order chi connectivity index (χ1) is 14.7. The van der Waals surface area contributed by atoms with Gasteiger partial charge in [-0.3, -0.25) is 4.79 Å². The van der Waals surface area contributed by atoms with Crippen LogP contribution in [-0.2, 0) is 12.0 Å². The number of rotatable bonds is 3. The van der Waals surface area contributed by atoms with Gasteiger partial charge in [0.1, 0.15) is 5.75 Å². The maximum absolute atomic E-state index is 13.1. The van der Waals surface area contributed by atoms with Crippen LogP contribution in [0.4, 0.5) is 0 Å². The van der Waals surface area contributed by atoms with E-state index in [1.165, 1.54) is 43.2 Å². The molecule has 2 heterocycles. The number of amides is 1. The Labute approximate surface area is 179 Å². The Kier molecular flexibility index (Phi) is 5.28. The standard InChI is InChI=1S/C26H32N2O2/c27-17-19-6-11-24-23(16-19)26(18-30-24)12-14-28(15-13-26)25(29)22-9-7-21(8-10-22)20-4-2-1-3-5-20/h6-11,16,20H,1-5,12-15,17-18,27H2. The van der Waals surface area contributed by atoms with Gasteiger partial charge in [-0.05, 0) is 60.9 Å². The van der Waals surface area contributed by atoms with Gasteiger partial charge >= 0.3 is 0 Å². The number of fused-ring (bicyclic) bond motifs is 2. The van der Waals surface area contributed by atoms with E-state index < -0.39 is 0 Å². The van der Waals surface area contributed by atoms with Gasteiger partial charge in [-0.1, -0.05) is 43.5 Å². The highest BCUT2D eigenvalue weighted by molar-refractivity contribution is 5.94. The van der Waals surface area contributed by atoms with Gasteiger partial charge in [0.25, 0.3) is 5.91 Å². The number of carbonyl (C=O) groups is 1. The summed E-state index contributed by atoms with van der Waals surface area (Å²) in [6.45, 7) is 2.82. The lowest BCUT2D eigenvalue weighted by Gasteiger charge is -2.38. The van der Waals surface area contributed by atoms with Crippen LogP contribution in [0.25, 0.3) is 0 Å². The van der Waals surface area contributed by atoms with Gasteiger partial charge < -0.3 is 15.4 Å². The van der Waals surface area contributed by atoms with Crippen LogP contribution in [-0.4, -0.2) is 30.5 Å². The molecule has 0 aromatic heterocycles. The molecule has 0 atom stereocenters. The molecule has 4 nitrogen and oxygen atoms in total. The predicted octanol–water partition coefficient (Wildman–Crippen LogP) is 4.76. The second kappa shape index (κ2) is 8.07. The molecular weight excluding hydrogens is 372 g/mol. The third kappa shape index (κ3) is 3.51. The molecule has 2 aliphatic heterocycles. The van der Waals surface area contributed by atoms with Crippen LogP contribution in [0.2, 0.25) is 0 Å². The normalized spacial score (nSPS) is 20.8. The molecule has 4 heteroatoms. The zero-order valence-corrected chi connectivity index (χ0v) is 17.7. The highest BCUT2D eigenvalue weighted by Gasteiger charge is 2.43. The molecule has 0 radical (unpaired) electrons. The molecule has 2 N–H and O–H groups in total. The van der Waals surface area contributed by atoms with Crippen LogP contribution in [0.15, 0.2) is 42.5 Å². The summed E-state index contributed by atoms with van der Waals surface area (Å²) in [5, 5.41) is 0. The molecule has 2 aromatic rings. The van der Waals surface area contributed by atoms with Crippen molar-refractivity contribution in [2.24, 2.45) is 5.73 Å². The molecule has 2 fully saturated rings. The molecule has 2 aromatic carbocycles. The van der Waals surface area contributed by atoms with Crippen molar-refractivity contribution in [2.45, 2.75) is 62.8 Å². The Balaban J connectivity index is 1.26. The zero-order chi connectivity index (χ0) is 20.6. The van der Waals surface area contributed by atoms with E-state index in [1.54, 1.807) is 0 Å². The first kappa shape index (κ1) is 19.6. The molecule has 1 saturated heterocycles. The Hall–Kier alpha value is -2.33. The molecule has 0 bridgehead atoms. The first-order valence-electron chi connectivity index (χ1n) is 11.5. The lowest BCUT2D eigenvalue weighted by molar-refractivity contribution is 0.0646. The Morgan fingerprint density at radius 2 is 1.77 bits per heavy atom. The van der Waals surface area contributed by atoms with E-state index in [-0.39, 0.29) is 11.3 Å². The summed E-state index contributed by atoms with van der Waals surface area (Å²) < 4.78 is 6.00. The maximum Gasteiger partial charge on any atom is 0.253 e. The number of hydrogen-bond donors (Lipinski definition) is 1. The number of hydrogen-bond acceptors (Lipinski definition) is 3. The van der Waals surface area contributed by atoms with Gasteiger partial charge in [-0.25, -0.2) is 0 Å². The van der Waals surface area contributed by atoms with Crippen molar-refractivity contribution < 1.29 is 9.53 Å². The molecular formula is C26H32N2O2. The highest BCUT2D eigenvalue weighted by atomic mass is 16.5. The second-order valence-electron chi connectivity index (χ2n) is 9.35. The van der Waals surface area contributed by atoms with Crippen molar-refractivity contribution in [3.05, 3.63) is 64.7 Å². The molecule has 1 saturated carbocycles. The van der Waals surface area contributed by atoms with Crippen molar-refractivity contribution in [2.75, 3.05) is 19.7 Å². The van der Waals surface area contributed by atoms with Gasteiger partial charge in [0.2, 0.25) is 0 Å². The average Bonchev–Trinajstić information content (AvgIpc) is 3.17. The Bertz CT molecular complexity index is 907. The Morgan fingerprint density at radius 3 is 2.47 bits per heavy atom. The minimum atomic E-state index is 0.0299. The van der Waals surface area contributed by atoms with E-state index in [4.69, 9.17) is 10.5 Å². The van der Waals surface area contributed by atoms with E-state index >= 15 is 0 Å². The lowest BCUT2D eigenvalue weighted by Crippen LogP contribution is -2.46. The van der Waals surface area contributed by atoms with Crippen LogP contribution in [0.3, 0.4) is 0 Å². The van der Waals surface area contributed by atoms with Crippen LogP contribution in [0.1, 0.15) is 77.9 Å². The van der Waals surface area contributed by atoms with Gasteiger partial charge in [-0.15, -0.1) is 0 Å². The molecule has 1 spiro atoms. The number of nitrogens with two attached hydrogens (primary N) is 1. The van der Waals surface area contributed by atoms with Crippen molar-refractivity contribution in [1.29, 1.82) is 0 Å². The topological polar surface area (TPSA) is 55.6 Å². The molecule has 30 heavy (non-hydrogen) atoms. The summed E-state index contributed by atoms with van der Waals surface area (Å²) in [7, 11) is 0. The summed E-state index contributed by atoms with van der Waals surface area (Å²) in [6.07, 6.45) is 8.50. The number of benzene rings is 2. The van der Waals surface area contributed by atoms with Crippen LogP contribution >= 0.6 is 0 Å². The summed E-state index contributed by atoms with van der Waals surface area (Å²) in [5.41, 5.74) is 10.5. The minimum absolute atomic E-state index is 0.0299. The predicted molar refractivity (Wildman–Crippen MR) is 119 cm³/mol. The molecule has 5 rings (SSSR count). The molecule has 1 amide bonds. The number of likely N-dealkylation sites (tertiary alicyclic amines) is 1. The monoisotopic (exact) mass is 404 g/mol. The molecule has 3 aliphatic rings. The van der Waals surface area contributed by atoms with E-state index in [9.17, 15) is 4.79 Å². The third-order valence-electron chi connectivity index (χ3n) is 7.60. The SMILES string of the molecule is NCc1ccc2c(c1)C1(CCN(C(=O)c3ccc(C4CCCCC4)cc3)CC1)CO2. The van der Waals surface area contributed by atoms with E-state index in [0.717, 1.165) is 42.8 Å². The zero-order valence-electron chi connectivity index (χ0n) is 17.7. The van der Waals surface area contributed by atoms with E-state index in [1.807, 2.05) is 23.1 Å². The Morgan fingerprint density at radius 1 is 1.03 bits per heavy atom. The maximum atomic E-state index is 13.1. The number of ether oxygens (including phenoxy) is 1.